The minimum atomic E-state index is -0.297. The Bertz CT molecular complexity index is 711. The smallest absolute Gasteiger partial charge is 0.271 e. The summed E-state index contributed by atoms with van der Waals surface area (Å²) in [5.74, 6) is 1.66. The Labute approximate surface area is 141 Å². The Morgan fingerprint density at radius 1 is 1.08 bits per heavy atom. The van der Waals surface area contributed by atoms with Crippen LogP contribution in [-0.4, -0.2) is 32.9 Å². The highest BCUT2D eigenvalue weighted by molar-refractivity contribution is 5.95. The fraction of sp³-hybridized carbons (Fsp3) is 0.222. The van der Waals surface area contributed by atoms with E-state index in [1.54, 1.807) is 50.6 Å². The third-order valence-corrected chi connectivity index (χ3v) is 3.21. The number of amides is 1. The van der Waals surface area contributed by atoms with Gasteiger partial charge in [0, 0.05) is 5.56 Å². The summed E-state index contributed by atoms with van der Waals surface area (Å²) < 4.78 is 15.7. The molecule has 6 nitrogen and oxygen atoms in total. The van der Waals surface area contributed by atoms with E-state index in [9.17, 15) is 4.79 Å². The third kappa shape index (κ3) is 4.49. The van der Waals surface area contributed by atoms with Gasteiger partial charge in [0.05, 0.1) is 27.0 Å². The lowest BCUT2D eigenvalue weighted by Crippen LogP contribution is -2.17. The van der Waals surface area contributed by atoms with E-state index in [1.807, 2.05) is 13.0 Å². The molecule has 0 saturated heterocycles. The van der Waals surface area contributed by atoms with E-state index >= 15 is 0 Å². The number of rotatable bonds is 7. The quantitative estimate of drug-likeness (QED) is 0.627. The van der Waals surface area contributed by atoms with Gasteiger partial charge in [-0.2, -0.15) is 5.10 Å². The number of hydrogen-bond acceptors (Lipinski definition) is 5. The second kappa shape index (κ2) is 8.57. The fourth-order valence-electron chi connectivity index (χ4n) is 2.03. The topological polar surface area (TPSA) is 69.2 Å². The number of ether oxygens (including phenoxy) is 3. The summed E-state index contributed by atoms with van der Waals surface area (Å²) in [5.41, 5.74) is 3.76. The first-order valence-corrected chi connectivity index (χ1v) is 7.46. The van der Waals surface area contributed by atoms with Crippen molar-refractivity contribution in [3.05, 3.63) is 53.6 Å². The minimum Gasteiger partial charge on any atom is -0.494 e. The average Bonchev–Trinajstić information content (AvgIpc) is 2.62. The van der Waals surface area contributed by atoms with Crippen LogP contribution in [0, 0.1) is 0 Å². The summed E-state index contributed by atoms with van der Waals surface area (Å²) >= 11 is 0. The van der Waals surface area contributed by atoms with Gasteiger partial charge in [-0.3, -0.25) is 4.79 Å². The molecule has 0 bridgehead atoms. The van der Waals surface area contributed by atoms with Gasteiger partial charge in [-0.15, -0.1) is 0 Å². The van der Waals surface area contributed by atoms with Crippen molar-refractivity contribution >= 4 is 12.1 Å². The SMILES string of the molecule is CCOc1ccc(C(=O)N/N=C/c2ccc(OC)c(OC)c2)cc1. The van der Waals surface area contributed by atoms with Crippen molar-refractivity contribution in [2.75, 3.05) is 20.8 Å². The number of nitrogens with zero attached hydrogens (tertiary/aromatic N) is 1. The van der Waals surface area contributed by atoms with Crippen LogP contribution in [0.5, 0.6) is 17.2 Å². The summed E-state index contributed by atoms with van der Waals surface area (Å²) in [7, 11) is 3.13. The summed E-state index contributed by atoms with van der Waals surface area (Å²) in [4.78, 5) is 12.0. The van der Waals surface area contributed by atoms with E-state index in [0.717, 1.165) is 11.3 Å². The summed E-state index contributed by atoms with van der Waals surface area (Å²) in [6.07, 6.45) is 1.54. The van der Waals surface area contributed by atoms with Crippen LogP contribution in [0.2, 0.25) is 0 Å². The minimum absolute atomic E-state index is 0.297. The molecule has 0 atom stereocenters. The fourth-order valence-corrected chi connectivity index (χ4v) is 2.03. The molecule has 126 valence electrons. The summed E-state index contributed by atoms with van der Waals surface area (Å²) in [6, 6.07) is 12.2. The summed E-state index contributed by atoms with van der Waals surface area (Å²) in [5, 5.41) is 3.96. The van der Waals surface area contributed by atoms with Crippen molar-refractivity contribution in [1.82, 2.24) is 5.43 Å². The molecule has 2 aromatic carbocycles. The van der Waals surface area contributed by atoms with E-state index in [2.05, 4.69) is 10.5 Å². The largest absolute Gasteiger partial charge is 0.494 e. The van der Waals surface area contributed by atoms with Gasteiger partial charge in [0.15, 0.2) is 11.5 Å². The van der Waals surface area contributed by atoms with E-state index in [0.29, 0.717) is 23.7 Å². The molecule has 24 heavy (non-hydrogen) atoms. The predicted molar refractivity (Wildman–Crippen MR) is 92.2 cm³/mol. The van der Waals surface area contributed by atoms with E-state index < -0.39 is 0 Å². The van der Waals surface area contributed by atoms with Crippen LogP contribution in [0.15, 0.2) is 47.6 Å². The zero-order valence-electron chi connectivity index (χ0n) is 13.9. The van der Waals surface area contributed by atoms with Gasteiger partial charge >= 0.3 is 0 Å². The molecule has 0 saturated carbocycles. The number of carbonyl (C=O) groups is 1. The first-order chi connectivity index (χ1) is 11.7. The Balaban J connectivity index is 1.99. The highest BCUT2D eigenvalue weighted by atomic mass is 16.5. The number of nitrogens with one attached hydrogen (secondary N) is 1. The van der Waals surface area contributed by atoms with Gasteiger partial charge in [0.1, 0.15) is 5.75 Å². The van der Waals surface area contributed by atoms with Crippen molar-refractivity contribution in [3.63, 3.8) is 0 Å². The van der Waals surface area contributed by atoms with Gasteiger partial charge in [0.2, 0.25) is 0 Å². The maximum atomic E-state index is 12.0. The molecule has 0 unspecified atom stereocenters. The van der Waals surface area contributed by atoms with Gasteiger partial charge in [-0.1, -0.05) is 0 Å². The van der Waals surface area contributed by atoms with Crippen LogP contribution >= 0.6 is 0 Å². The zero-order chi connectivity index (χ0) is 17.4. The molecule has 2 aromatic rings. The standard InChI is InChI=1S/C18H20N2O4/c1-4-24-15-8-6-14(7-9-15)18(21)20-19-12-13-5-10-16(22-2)17(11-13)23-3/h5-12H,4H2,1-3H3,(H,20,21)/b19-12+. The monoisotopic (exact) mass is 328 g/mol. The molecular weight excluding hydrogens is 308 g/mol. The second-order valence-corrected chi connectivity index (χ2v) is 4.77. The molecule has 0 aromatic heterocycles. The molecule has 1 amide bonds. The molecule has 0 spiro atoms. The molecule has 0 heterocycles. The predicted octanol–water partition coefficient (Wildman–Crippen LogP) is 2.87. The van der Waals surface area contributed by atoms with Gasteiger partial charge < -0.3 is 14.2 Å². The molecular formula is C18H20N2O4. The number of hydrogen-bond donors (Lipinski definition) is 1. The van der Waals surface area contributed by atoms with Crippen molar-refractivity contribution < 1.29 is 19.0 Å². The van der Waals surface area contributed by atoms with Gasteiger partial charge in [-0.05, 0) is 55.0 Å². The molecule has 6 heteroatoms. The number of carbonyl (C=O) groups excluding carboxylic acids is 1. The maximum Gasteiger partial charge on any atom is 0.271 e. The Kier molecular flexibility index (Phi) is 6.19. The first-order valence-electron chi connectivity index (χ1n) is 7.46. The highest BCUT2D eigenvalue weighted by Crippen LogP contribution is 2.26. The van der Waals surface area contributed by atoms with Crippen LogP contribution in [-0.2, 0) is 0 Å². The Hall–Kier alpha value is -3.02. The molecule has 0 aliphatic carbocycles. The van der Waals surface area contributed by atoms with Crippen molar-refractivity contribution in [2.24, 2.45) is 5.10 Å². The van der Waals surface area contributed by atoms with E-state index in [1.165, 1.54) is 6.21 Å². The van der Waals surface area contributed by atoms with Crippen LogP contribution in [0.1, 0.15) is 22.8 Å². The van der Waals surface area contributed by atoms with Crippen molar-refractivity contribution in [2.45, 2.75) is 6.92 Å². The Morgan fingerprint density at radius 2 is 1.79 bits per heavy atom. The molecule has 2 rings (SSSR count). The lowest BCUT2D eigenvalue weighted by atomic mass is 10.2. The Morgan fingerprint density at radius 3 is 2.42 bits per heavy atom. The van der Waals surface area contributed by atoms with Gasteiger partial charge in [0.25, 0.3) is 5.91 Å². The molecule has 0 radical (unpaired) electrons. The summed E-state index contributed by atoms with van der Waals surface area (Å²) in [6.45, 7) is 2.49. The lowest BCUT2D eigenvalue weighted by molar-refractivity contribution is 0.0955. The highest BCUT2D eigenvalue weighted by Gasteiger charge is 2.05. The van der Waals surface area contributed by atoms with Crippen LogP contribution in [0.25, 0.3) is 0 Å². The van der Waals surface area contributed by atoms with E-state index in [4.69, 9.17) is 14.2 Å². The number of hydrazone groups is 1. The molecule has 0 aliphatic heterocycles. The number of benzene rings is 2. The first kappa shape index (κ1) is 17.3. The van der Waals surface area contributed by atoms with Crippen molar-refractivity contribution in [3.8, 4) is 17.2 Å². The van der Waals surface area contributed by atoms with Crippen LogP contribution in [0.4, 0.5) is 0 Å². The van der Waals surface area contributed by atoms with Crippen LogP contribution < -0.4 is 19.6 Å². The molecule has 0 aliphatic rings. The van der Waals surface area contributed by atoms with E-state index in [-0.39, 0.29) is 5.91 Å². The van der Waals surface area contributed by atoms with Crippen molar-refractivity contribution in [1.29, 1.82) is 0 Å². The van der Waals surface area contributed by atoms with Crippen LogP contribution in [0.3, 0.4) is 0 Å². The maximum absolute atomic E-state index is 12.0. The normalized spacial score (nSPS) is 10.5. The average molecular weight is 328 g/mol. The third-order valence-electron chi connectivity index (χ3n) is 3.21. The number of methoxy groups -OCH3 is 2. The molecule has 0 fully saturated rings. The molecule has 1 N–H and O–H groups in total. The zero-order valence-corrected chi connectivity index (χ0v) is 13.9. The second-order valence-electron chi connectivity index (χ2n) is 4.77. The lowest BCUT2D eigenvalue weighted by Gasteiger charge is -2.07. The van der Waals surface area contributed by atoms with Gasteiger partial charge in [-0.25, -0.2) is 5.43 Å².